The van der Waals surface area contributed by atoms with Crippen molar-refractivity contribution >= 4 is 17.8 Å². The molecule has 0 radical (unpaired) electrons. The summed E-state index contributed by atoms with van der Waals surface area (Å²) >= 11 is 0. The average Bonchev–Trinajstić information content (AvgIpc) is 3.01. The largest absolute Gasteiger partial charge is 0.461 e. The van der Waals surface area contributed by atoms with Crippen molar-refractivity contribution in [1.29, 1.82) is 0 Å². The predicted molar refractivity (Wildman–Crippen MR) is 190 cm³/mol. The van der Waals surface area contributed by atoms with Crippen LogP contribution in [-0.2, 0) is 5.41 Å². The van der Waals surface area contributed by atoms with Gasteiger partial charge in [-0.25, -0.2) is 4.58 Å². The lowest BCUT2D eigenvalue weighted by Crippen LogP contribution is -2.64. The van der Waals surface area contributed by atoms with E-state index in [0.29, 0.717) is 0 Å². The van der Waals surface area contributed by atoms with Crippen LogP contribution in [0.1, 0.15) is 92.0 Å². The molecule has 6 nitrogen and oxygen atoms in total. The van der Waals surface area contributed by atoms with Crippen LogP contribution in [0.4, 0.5) is 5.69 Å². The number of ether oxygens (including phenoxy) is 1. The molecule has 5 rings (SSSR count). The molecule has 6 heteroatoms. The van der Waals surface area contributed by atoms with Gasteiger partial charge in [-0.2, -0.15) is 0 Å². The van der Waals surface area contributed by atoms with E-state index in [-0.39, 0.29) is 38.0 Å². The van der Waals surface area contributed by atoms with Crippen LogP contribution < -0.4 is 40.9 Å². The summed E-state index contributed by atoms with van der Waals surface area (Å²) in [6.07, 6.45) is 5.61. The van der Waals surface area contributed by atoms with E-state index in [1.54, 1.807) is 6.08 Å². The molecule has 1 aliphatic carbocycles. The third-order valence-electron chi connectivity index (χ3n) is 9.05. The molecule has 242 valence electrons. The first-order chi connectivity index (χ1) is 21.7. The highest BCUT2D eigenvalue weighted by Crippen LogP contribution is 2.42. The normalized spacial score (nSPS) is 14.9. The van der Waals surface area contributed by atoms with E-state index < -0.39 is 0 Å². The molecular formula is C40H49N2O4+. The van der Waals surface area contributed by atoms with Crippen molar-refractivity contribution in [2.75, 3.05) is 31.1 Å². The number of allylic oxidation sites excluding steroid dienone is 2. The first-order valence-electron chi connectivity index (χ1n) is 16.7. The molecule has 0 fully saturated rings. The van der Waals surface area contributed by atoms with Crippen molar-refractivity contribution in [2.24, 2.45) is 5.41 Å². The summed E-state index contributed by atoms with van der Waals surface area (Å²) in [6, 6.07) is 14.4. The number of hydrogen-bond donors (Lipinski definition) is 0. The molecule has 0 bridgehead atoms. The molecule has 0 spiro atoms. The Hall–Kier alpha value is -4.19. The van der Waals surface area contributed by atoms with Crippen molar-refractivity contribution in [3.05, 3.63) is 107 Å². The maximum atomic E-state index is 13.7. The van der Waals surface area contributed by atoms with Gasteiger partial charge in [0.1, 0.15) is 36.1 Å². The van der Waals surface area contributed by atoms with E-state index in [4.69, 9.17) is 9.15 Å². The summed E-state index contributed by atoms with van der Waals surface area (Å²) in [7, 11) is 0. The number of anilines is 1. The van der Waals surface area contributed by atoms with E-state index in [0.717, 1.165) is 76.9 Å². The molecular weight excluding hydrogens is 572 g/mol. The van der Waals surface area contributed by atoms with Crippen LogP contribution in [0.2, 0.25) is 0 Å². The SMILES string of the molecule is CCN(CC)c1ccc2c(c1)OC(C(C)(C)C)=CC2C=c1c(=O)c(=Cc2cc(C(C)(C)C)oc3cc(=[N+](CC)CC)ccc2-3)c1=O. The van der Waals surface area contributed by atoms with E-state index in [2.05, 4.69) is 109 Å². The van der Waals surface area contributed by atoms with Gasteiger partial charge in [0, 0.05) is 58.8 Å². The van der Waals surface area contributed by atoms with E-state index >= 15 is 0 Å². The molecule has 0 amide bonds. The topological polar surface area (TPSA) is 62.8 Å². The lowest BCUT2D eigenvalue weighted by molar-refractivity contribution is 0.282. The van der Waals surface area contributed by atoms with E-state index in [1.165, 1.54) is 0 Å². The molecule has 2 heterocycles. The molecule has 0 saturated heterocycles. The zero-order chi connectivity index (χ0) is 33.6. The number of nitrogens with zero attached hydrogens (tertiary/aromatic N) is 2. The van der Waals surface area contributed by atoms with Crippen LogP contribution in [0, 0.1) is 5.41 Å². The Balaban J connectivity index is 1.66. The van der Waals surface area contributed by atoms with Gasteiger partial charge in [0.05, 0.1) is 16.5 Å². The number of hydrogen-bond acceptors (Lipinski definition) is 5. The minimum Gasteiger partial charge on any atom is -0.461 e. The molecule has 2 aromatic rings. The van der Waals surface area contributed by atoms with Crippen LogP contribution in [0.25, 0.3) is 23.5 Å². The third-order valence-corrected chi connectivity index (χ3v) is 9.05. The Morgan fingerprint density at radius 1 is 0.826 bits per heavy atom. The number of benzene rings is 2. The number of rotatable bonds is 7. The van der Waals surface area contributed by atoms with Gasteiger partial charge in [0.15, 0.2) is 0 Å². The van der Waals surface area contributed by atoms with Gasteiger partial charge in [0.2, 0.25) is 16.2 Å². The van der Waals surface area contributed by atoms with Gasteiger partial charge in [0.25, 0.3) is 0 Å². The fourth-order valence-corrected chi connectivity index (χ4v) is 6.15. The van der Waals surface area contributed by atoms with Crippen molar-refractivity contribution in [1.82, 2.24) is 4.58 Å². The van der Waals surface area contributed by atoms with Crippen molar-refractivity contribution in [3.8, 4) is 17.1 Å². The standard InChI is InChI=1S/C40H49N2O4/c1-11-41(12-2)27-15-17-29-25(21-35(39(5,6)7)45-33(29)23-27)19-31-37(43)32(38(31)44)20-26-22-36(40(8,9)10)46-34-24-28(16-18-30(26)34)42(13-3)14-4/h15-25H,11-14H2,1-10H3/q+1. The zero-order valence-corrected chi connectivity index (χ0v) is 29.2. The van der Waals surface area contributed by atoms with Crippen LogP contribution in [0.3, 0.4) is 0 Å². The van der Waals surface area contributed by atoms with Crippen molar-refractivity contribution in [3.63, 3.8) is 0 Å². The lowest BCUT2D eigenvalue weighted by Gasteiger charge is -2.31. The molecule has 46 heavy (non-hydrogen) atoms. The molecule has 2 aromatic carbocycles. The monoisotopic (exact) mass is 621 g/mol. The van der Waals surface area contributed by atoms with Crippen LogP contribution in [0.15, 0.2) is 68.3 Å². The second-order valence-corrected chi connectivity index (χ2v) is 14.3. The first kappa shape index (κ1) is 33.2. The minimum absolute atomic E-state index is 0.204. The highest BCUT2D eigenvalue weighted by molar-refractivity contribution is 5.73. The Bertz CT molecular complexity index is 2000. The maximum absolute atomic E-state index is 13.7. The van der Waals surface area contributed by atoms with Gasteiger partial charge >= 0.3 is 0 Å². The molecule has 3 aliphatic rings. The average molecular weight is 622 g/mol. The van der Waals surface area contributed by atoms with Gasteiger partial charge in [-0.05, 0) is 63.6 Å². The third kappa shape index (κ3) is 6.27. The fraction of sp³-hybridized carbons (Fsp3) is 0.425. The van der Waals surface area contributed by atoms with Crippen LogP contribution in [-0.4, -0.2) is 26.2 Å². The predicted octanol–water partition coefficient (Wildman–Crippen LogP) is 5.65. The Labute approximate surface area is 272 Å². The molecule has 0 aromatic heterocycles. The molecule has 0 N–H and O–H groups in total. The minimum atomic E-state index is -0.260. The second kappa shape index (κ2) is 12.5. The fourth-order valence-electron chi connectivity index (χ4n) is 6.15. The molecule has 2 aliphatic heterocycles. The Morgan fingerprint density at radius 3 is 2.09 bits per heavy atom. The highest BCUT2D eigenvalue weighted by Gasteiger charge is 2.29. The summed E-state index contributed by atoms with van der Waals surface area (Å²) in [5.41, 5.74) is 2.76. The van der Waals surface area contributed by atoms with E-state index in [1.807, 2.05) is 24.3 Å². The molecule has 1 unspecified atom stereocenters. The smallest absolute Gasteiger partial charge is 0.203 e. The molecule has 1 atom stereocenters. The van der Waals surface area contributed by atoms with E-state index in [9.17, 15) is 9.59 Å². The Morgan fingerprint density at radius 2 is 1.50 bits per heavy atom. The van der Waals surface area contributed by atoms with Crippen molar-refractivity contribution < 1.29 is 9.15 Å². The van der Waals surface area contributed by atoms with Crippen molar-refractivity contribution in [2.45, 2.75) is 80.6 Å². The van der Waals surface area contributed by atoms with Crippen LogP contribution >= 0.6 is 0 Å². The maximum Gasteiger partial charge on any atom is 0.203 e. The summed E-state index contributed by atoms with van der Waals surface area (Å²) in [5, 5.41) is 1.51. The highest BCUT2D eigenvalue weighted by atomic mass is 16.5. The van der Waals surface area contributed by atoms with Gasteiger partial charge in [-0.3, -0.25) is 9.59 Å². The van der Waals surface area contributed by atoms with Gasteiger partial charge in [-0.15, -0.1) is 0 Å². The summed E-state index contributed by atoms with van der Waals surface area (Å²) in [6.45, 7) is 24.7. The zero-order valence-electron chi connectivity index (χ0n) is 29.2. The summed E-state index contributed by atoms with van der Waals surface area (Å²) in [4.78, 5) is 29.6. The summed E-state index contributed by atoms with van der Waals surface area (Å²) in [5.74, 6) is 2.87. The summed E-state index contributed by atoms with van der Waals surface area (Å²) < 4.78 is 15.1. The quantitative estimate of drug-likeness (QED) is 0.250. The second-order valence-electron chi connectivity index (χ2n) is 14.3. The van der Waals surface area contributed by atoms with Gasteiger partial charge < -0.3 is 14.1 Å². The first-order valence-corrected chi connectivity index (χ1v) is 16.7. The Kier molecular flexibility index (Phi) is 9.05. The molecule has 0 saturated carbocycles. The van der Waals surface area contributed by atoms with Crippen LogP contribution in [0.5, 0.6) is 5.75 Å². The lowest BCUT2D eigenvalue weighted by atomic mass is 9.86. The van der Waals surface area contributed by atoms with Gasteiger partial charge in [-0.1, -0.05) is 53.7 Å². The number of fused-ring (bicyclic) bond motifs is 2.